The zero-order valence-corrected chi connectivity index (χ0v) is 13.0. The first-order valence-corrected chi connectivity index (χ1v) is 7.58. The summed E-state index contributed by atoms with van der Waals surface area (Å²) in [6, 6.07) is 0. The molecule has 0 aromatic carbocycles. The molecule has 1 amide bonds. The van der Waals surface area contributed by atoms with Crippen molar-refractivity contribution in [1.29, 1.82) is 0 Å². The summed E-state index contributed by atoms with van der Waals surface area (Å²) < 4.78 is 0. The molecule has 0 unspecified atom stereocenters. The Morgan fingerprint density at radius 2 is 2.27 bits per heavy atom. The number of carbonyl (C=O) groups excluding carboxylic acids is 1. The van der Waals surface area contributed by atoms with Crippen molar-refractivity contribution in [1.82, 2.24) is 25.1 Å². The van der Waals surface area contributed by atoms with Gasteiger partial charge in [-0.25, -0.2) is 9.97 Å². The van der Waals surface area contributed by atoms with Gasteiger partial charge in [-0.3, -0.25) is 14.7 Å². The van der Waals surface area contributed by atoms with Gasteiger partial charge in [-0.05, 0) is 20.3 Å². The highest BCUT2D eigenvalue weighted by Gasteiger charge is 2.42. The monoisotopic (exact) mass is 321 g/mol. The number of carboxylic acids is 1. The molecule has 8 nitrogen and oxygen atoms in total. The van der Waals surface area contributed by atoms with Crippen molar-refractivity contribution in [2.24, 2.45) is 5.41 Å². The van der Waals surface area contributed by atoms with E-state index in [4.69, 9.17) is 0 Å². The Morgan fingerprint density at radius 3 is 2.86 bits per heavy atom. The van der Waals surface area contributed by atoms with E-state index < -0.39 is 11.4 Å². The van der Waals surface area contributed by atoms with E-state index in [1.165, 1.54) is 17.7 Å². The number of aliphatic carboxylic acids is 1. The molecule has 0 bridgehead atoms. The lowest BCUT2D eigenvalue weighted by Gasteiger charge is -2.19. The summed E-state index contributed by atoms with van der Waals surface area (Å²) in [6.07, 6.45) is 1.84. The molecule has 0 radical (unpaired) electrons. The summed E-state index contributed by atoms with van der Waals surface area (Å²) in [7, 11) is 0. The molecule has 1 fully saturated rings. The predicted molar refractivity (Wildman–Crippen MR) is 78.5 cm³/mol. The van der Waals surface area contributed by atoms with Gasteiger partial charge < -0.3 is 10.0 Å². The Morgan fingerprint density at radius 1 is 1.50 bits per heavy atom. The number of amides is 1. The summed E-state index contributed by atoms with van der Waals surface area (Å²) in [5.74, 6) is -0.527. The fourth-order valence-corrected chi connectivity index (χ4v) is 3.44. The first-order chi connectivity index (χ1) is 10.4. The molecule has 1 aliphatic rings. The van der Waals surface area contributed by atoms with E-state index in [9.17, 15) is 14.7 Å². The Kier molecular flexibility index (Phi) is 3.44. The van der Waals surface area contributed by atoms with Crippen LogP contribution in [0.3, 0.4) is 0 Å². The van der Waals surface area contributed by atoms with Crippen LogP contribution in [0.2, 0.25) is 0 Å². The van der Waals surface area contributed by atoms with Gasteiger partial charge in [-0.15, -0.1) is 11.3 Å². The average Bonchev–Trinajstić information content (AvgIpc) is 3.17. The number of H-pyrrole nitrogens is 1. The first-order valence-electron chi connectivity index (χ1n) is 6.76. The van der Waals surface area contributed by atoms with Crippen LogP contribution in [0.25, 0.3) is 10.8 Å². The van der Waals surface area contributed by atoms with E-state index in [0.29, 0.717) is 34.4 Å². The normalized spacial score (nSPS) is 21.3. The molecule has 116 valence electrons. The number of aromatic nitrogens is 4. The van der Waals surface area contributed by atoms with Gasteiger partial charge in [0.1, 0.15) is 11.2 Å². The molecule has 0 aliphatic carbocycles. The second kappa shape index (κ2) is 5.16. The maximum Gasteiger partial charge on any atom is 0.311 e. The van der Waals surface area contributed by atoms with Gasteiger partial charge in [0.15, 0.2) is 10.8 Å². The molecular weight excluding hydrogens is 306 g/mol. The van der Waals surface area contributed by atoms with Crippen LogP contribution >= 0.6 is 11.3 Å². The molecule has 0 saturated carbocycles. The minimum absolute atomic E-state index is 0.175. The number of hydrogen-bond acceptors (Lipinski definition) is 6. The zero-order chi connectivity index (χ0) is 15.9. The summed E-state index contributed by atoms with van der Waals surface area (Å²) in [4.78, 5) is 34.4. The third-order valence-corrected chi connectivity index (χ3v) is 5.04. The molecule has 1 aliphatic heterocycles. The molecule has 9 heteroatoms. The summed E-state index contributed by atoms with van der Waals surface area (Å²) in [6.45, 7) is 4.09. The van der Waals surface area contributed by atoms with Crippen molar-refractivity contribution in [2.75, 3.05) is 13.1 Å². The van der Waals surface area contributed by atoms with Gasteiger partial charge in [-0.2, -0.15) is 5.10 Å². The summed E-state index contributed by atoms with van der Waals surface area (Å²) in [5.41, 5.74) is -0.257. The smallest absolute Gasteiger partial charge is 0.311 e. The van der Waals surface area contributed by atoms with E-state index in [1.54, 1.807) is 18.7 Å². The number of carbonyl (C=O) groups is 2. The number of nitrogens with zero attached hydrogens (tertiary/aromatic N) is 4. The van der Waals surface area contributed by atoms with Crippen molar-refractivity contribution in [2.45, 2.75) is 20.3 Å². The van der Waals surface area contributed by atoms with Crippen LogP contribution < -0.4 is 0 Å². The zero-order valence-electron chi connectivity index (χ0n) is 12.2. The number of likely N-dealkylation sites (tertiary alicyclic amines) is 1. The second-order valence-electron chi connectivity index (χ2n) is 5.61. The number of hydrogen-bond donors (Lipinski definition) is 2. The van der Waals surface area contributed by atoms with Crippen LogP contribution in [-0.4, -0.2) is 55.1 Å². The molecule has 22 heavy (non-hydrogen) atoms. The molecule has 3 rings (SSSR count). The second-order valence-corrected chi connectivity index (χ2v) is 6.61. The fraction of sp³-hybridized carbons (Fsp3) is 0.462. The van der Waals surface area contributed by atoms with Gasteiger partial charge in [0, 0.05) is 13.1 Å². The lowest BCUT2D eigenvalue weighted by atomic mass is 9.90. The fourth-order valence-electron chi connectivity index (χ4n) is 2.46. The van der Waals surface area contributed by atoms with Crippen molar-refractivity contribution < 1.29 is 14.7 Å². The molecule has 2 aromatic rings. The third-order valence-electron chi connectivity index (χ3n) is 3.89. The Balaban J connectivity index is 1.83. The van der Waals surface area contributed by atoms with Crippen LogP contribution in [0, 0.1) is 12.3 Å². The van der Waals surface area contributed by atoms with Gasteiger partial charge in [0.05, 0.1) is 11.1 Å². The number of aryl methyl sites for hydroxylation is 1. The van der Waals surface area contributed by atoms with E-state index in [-0.39, 0.29) is 12.5 Å². The Labute approximate surface area is 130 Å². The van der Waals surface area contributed by atoms with Crippen LogP contribution in [0.1, 0.15) is 28.7 Å². The predicted octanol–water partition coefficient (Wildman–Crippen LogP) is 1.17. The molecular formula is C13H15N5O3S. The molecule has 1 saturated heterocycles. The third kappa shape index (κ3) is 2.37. The number of aromatic amines is 1. The number of carboxylic acid groups (broad SMARTS) is 1. The lowest BCUT2D eigenvalue weighted by molar-refractivity contribution is -0.147. The molecule has 2 aromatic heterocycles. The number of nitrogens with one attached hydrogen (secondary N) is 1. The molecule has 1 atom stereocenters. The van der Waals surface area contributed by atoms with Gasteiger partial charge >= 0.3 is 5.97 Å². The molecule has 3 heterocycles. The van der Waals surface area contributed by atoms with E-state index in [0.717, 1.165) is 0 Å². The minimum Gasteiger partial charge on any atom is -0.481 e. The SMILES string of the molecule is Cc1nc(-c2ncn[nH]2)sc1C(=O)N1CC[C@](C)(C(=O)O)C1. The van der Waals surface area contributed by atoms with Crippen LogP contribution in [0.15, 0.2) is 6.33 Å². The summed E-state index contributed by atoms with van der Waals surface area (Å²) in [5, 5.41) is 16.3. The number of rotatable bonds is 3. The van der Waals surface area contributed by atoms with E-state index >= 15 is 0 Å². The van der Waals surface area contributed by atoms with Crippen LogP contribution in [-0.2, 0) is 4.79 Å². The largest absolute Gasteiger partial charge is 0.481 e. The lowest BCUT2D eigenvalue weighted by Crippen LogP contribution is -2.34. The Hall–Kier alpha value is -2.29. The van der Waals surface area contributed by atoms with Crippen LogP contribution in [0.4, 0.5) is 0 Å². The van der Waals surface area contributed by atoms with E-state index in [2.05, 4.69) is 20.2 Å². The van der Waals surface area contributed by atoms with Gasteiger partial charge in [0.25, 0.3) is 5.91 Å². The maximum absolute atomic E-state index is 12.6. The van der Waals surface area contributed by atoms with Crippen molar-refractivity contribution in [3.05, 3.63) is 16.9 Å². The average molecular weight is 321 g/mol. The van der Waals surface area contributed by atoms with Crippen molar-refractivity contribution >= 4 is 23.2 Å². The minimum atomic E-state index is -0.873. The molecule has 0 spiro atoms. The van der Waals surface area contributed by atoms with Crippen molar-refractivity contribution in [3.63, 3.8) is 0 Å². The Bertz CT molecular complexity index is 726. The number of thiazole rings is 1. The van der Waals surface area contributed by atoms with Crippen molar-refractivity contribution in [3.8, 4) is 10.8 Å². The molecule has 2 N–H and O–H groups in total. The maximum atomic E-state index is 12.6. The van der Waals surface area contributed by atoms with E-state index in [1.807, 2.05) is 0 Å². The quantitative estimate of drug-likeness (QED) is 0.877. The standard InChI is InChI=1S/C13H15N5O3S/c1-7-8(22-10(16-7)9-14-6-15-17-9)11(19)18-4-3-13(2,5-18)12(20)21/h6H,3-5H2,1-2H3,(H,20,21)(H,14,15,17)/t13-/m0/s1. The topological polar surface area (TPSA) is 112 Å². The first kappa shape index (κ1) is 14.6. The van der Waals surface area contributed by atoms with Crippen LogP contribution in [0.5, 0.6) is 0 Å². The summed E-state index contributed by atoms with van der Waals surface area (Å²) >= 11 is 1.24. The highest BCUT2D eigenvalue weighted by atomic mass is 32.1. The van der Waals surface area contributed by atoms with Gasteiger partial charge in [-0.1, -0.05) is 0 Å². The highest BCUT2D eigenvalue weighted by molar-refractivity contribution is 7.17. The van der Waals surface area contributed by atoms with Gasteiger partial charge in [0.2, 0.25) is 0 Å². The highest BCUT2D eigenvalue weighted by Crippen LogP contribution is 2.33.